The van der Waals surface area contributed by atoms with E-state index in [-0.39, 0.29) is 11.8 Å². The quantitative estimate of drug-likeness (QED) is 0.468. The topological polar surface area (TPSA) is 61.4 Å². The Bertz CT molecular complexity index is 651. The van der Waals surface area contributed by atoms with Gasteiger partial charge in [0.1, 0.15) is 0 Å². The van der Waals surface area contributed by atoms with Gasteiger partial charge in [0.15, 0.2) is 0 Å². The molecule has 0 unspecified atom stereocenters. The second-order valence-corrected chi connectivity index (χ2v) is 6.80. The molecule has 0 aliphatic carbocycles. The van der Waals surface area contributed by atoms with Gasteiger partial charge in [-0.1, -0.05) is 15.9 Å². The first kappa shape index (κ1) is 16.2. The summed E-state index contributed by atoms with van der Waals surface area (Å²) < 4.78 is 0.846. The number of carbonyl (C=O) groups excluding carboxylic acids is 2. The molecule has 1 fully saturated rings. The third kappa shape index (κ3) is 3.82. The summed E-state index contributed by atoms with van der Waals surface area (Å²) in [6, 6.07) is 5.33. The molecule has 1 aromatic rings. The molecule has 2 N–H and O–H groups in total. The van der Waals surface area contributed by atoms with Crippen LogP contribution < -0.4 is 10.6 Å². The van der Waals surface area contributed by atoms with Gasteiger partial charge in [0.05, 0.1) is 5.57 Å². The van der Waals surface area contributed by atoms with E-state index in [1.807, 2.05) is 6.07 Å². The number of imide groups is 1. The average Bonchev–Trinajstić information content (AvgIpc) is 3.02. The lowest BCUT2D eigenvalue weighted by molar-refractivity contribution is -0.114. The molecule has 0 atom stereocenters. The normalized spacial score (nSPS) is 19.8. The average molecular weight is 378 g/mol. The Labute approximate surface area is 144 Å². The molecule has 0 spiro atoms. The molecule has 3 rings (SSSR count). The fourth-order valence-corrected chi connectivity index (χ4v) is 3.39. The van der Waals surface area contributed by atoms with Crippen molar-refractivity contribution >= 4 is 33.3 Å². The second kappa shape index (κ2) is 7.27. The maximum atomic E-state index is 12.1. The molecule has 2 aliphatic heterocycles. The number of hydrogen-bond acceptors (Lipinski definition) is 4. The minimum Gasteiger partial charge on any atom is -0.390 e. The first-order chi connectivity index (χ1) is 11.1. The molecule has 0 radical (unpaired) electrons. The predicted octanol–water partition coefficient (Wildman–Crippen LogP) is 2.14. The van der Waals surface area contributed by atoms with Crippen LogP contribution in [0.4, 0.5) is 0 Å². The second-order valence-electron chi connectivity index (χ2n) is 5.89. The van der Waals surface area contributed by atoms with Gasteiger partial charge in [0.25, 0.3) is 11.8 Å². The molecule has 2 aliphatic rings. The SMILES string of the molecule is O=C1NC(=O)c2ccc(Br)cc2/C1=C/NCCCN1CCCC1. The van der Waals surface area contributed by atoms with Crippen molar-refractivity contribution in [1.29, 1.82) is 0 Å². The summed E-state index contributed by atoms with van der Waals surface area (Å²) in [5.74, 6) is -0.698. The molecule has 23 heavy (non-hydrogen) atoms. The van der Waals surface area contributed by atoms with Crippen LogP contribution in [0.3, 0.4) is 0 Å². The number of fused-ring (bicyclic) bond motifs is 1. The van der Waals surface area contributed by atoms with Crippen molar-refractivity contribution in [3.8, 4) is 0 Å². The fraction of sp³-hybridized carbons (Fsp3) is 0.412. The Balaban J connectivity index is 1.64. The summed E-state index contributed by atoms with van der Waals surface area (Å²) in [6.45, 7) is 4.30. The first-order valence-corrected chi connectivity index (χ1v) is 8.76. The van der Waals surface area contributed by atoms with Crippen molar-refractivity contribution in [3.05, 3.63) is 40.0 Å². The van der Waals surface area contributed by atoms with E-state index in [4.69, 9.17) is 0 Å². The molecule has 1 aromatic carbocycles. The number of rotatable bonds is 5. The summed E-state index contributed by atoms with van der Waals surface area (Å²) >= 11 is 3.39. The van der Waals surface area contributed by atoms with E-state index in [2.05, 4.69) is 31.5 Å². The van der Waals surface area contributed by atoms with E-state index < -0.39 is 0 Å². The van der Waals surface area contributed by atoms with Gasteiger partial charge in [-0.05, 0) is 57.1 Å². The highest BCUT2D eigenvalue weighted by Gasteiger charge is 2.27. The van der Waals surface area contributed by atoms with Crippen LogP contribution in [0.2, 0.25) is 0 Å². The highest BCUT2D eigenvalue weighted by molar-refractivity contribution is 9.10. The molecule has 5 nitrogen and oxygen atoms in total. The molecule has 0 saturated carbocycles. The number of nitrogens with zero attached hydrogens (tertiary/aromatic N) is 1. The monoisotopic (exact) mass is 377 g/mol. The Morgan fingerprint density at radius 3 is 2.74 bits per heavy atom. The van der Waals surface area contributed by atoms with Crippen LogP contribution >= 0.6 is 15.9 Å². The number of hydrogen-bond donors (Lipinski definition) is 2. The van der Waals surface area contributed by atoms with Gasteiger partial charge in [0.2, 0.25) is 0 Å². The third-order valence-corrected chi connectivity index (χ3v) is 4.72. The van der Waals surface area contributed by atoms with Crippen molar-refractivity contribution in [2.75, 3.05) is 26.2 Å². The number of nitrogens with one attached hydrogen (secondary N) is 2. The zero-order valence-corrected chi connectivity index (χ0v) is 14.5. The van der Waals surface area contributed by atoms with Gasteiger partial charge < -0.3 is 10.2 Å². The van der Waals surface area contributed by atoms with Crippen molar-refractivity contribution < 1.29 is 9.59 Å². The smallest absolute Gasteiger partial charge is 0.260 e. The molecule has 0 aromatic heterocycles. The Kier molecular flexibility index (Phi) is 5.13. The van der Waals surface area contributed by atoms with Gasteiger partial charge >= 0.3 is 0 Å². The molecular weight excluding hydrogens is 358 g/mol. The summed E-state index contributed by atoms with van der Waals surface area (Å²) in [4.78, 5) is 26.4. The maximum absolute atomic E-state index is 12.1. The van der Waals surface area contributed by atoms with Gasteiger partial charge in [-0.25, -0.2) is 0 Å². The standard InChI is InChI=1S/C17H20BrN3O2/c18-12-4-5-13-14(10-12)15(17(23)20-16(13)22)11-19-6-3-9-21-7-1-2-8-21/h4-5,10-11,19H,1-3,6-9H2,(H,20,22,23)/b15-11-. The van der Waals surface area contributed by atoms with Crippen LogP contribution in [0.1, 0.15) is 35.2 Å². The summed E-state index contributed by atoms with van der Waals surface area (Å²) in [7, 11) is 0. The zero-order valence-electron chi connectivity index (χ0n) is 12.9. The lowest BCUT2D eigenvalue weighted by Crippen LogP contribution is -2.37. The van der Waals surface area contributed by atoms with Crippen LogP contribution in [0.15, 0.2) is 28.9 Å². The van der Waals surface area contributed by atoms with Crippen LogP contribution in [-0.2, 0) is 4.79 Å². The van der Waals surface area contributed by atoms with Crippen LogP contribution in [0.25, 0.3) is 5.57 Å². The Hall–Kier alpha value is -1.66. The number of carbonyl (C=O) groups is 2. The largest absolute Gasteiger partial charge is 0.390 e. The molecule has 1 saturated heterocycles. The van der Waals surface area contributed by atoms with Crippen LogP contribution in [0, 0.1) is 0 Å². The number of amides is 2. The molecule has 0 bridgehead atoms. The van der Waals surface area contributed by atoms with E-state index in [1.54, 1.807) is 18.3 Å². The van der Waals surface area contributed by atoms with Gasteiger partial charge in [-0.15, -0.1) is 0 Å². The van der Waals surface area contributed by atoms with Crippen molar-refractivity contribution in [1.82, 2.24) is 15.5 Å². The van der Waals surface area contributed by atoms with Crippen LogP contribution in [-0.4, -0.2) is 42.9 Å². The highest BCUT2D eigenvalue weighted by Crippen LogP contribution is 2.26. The van der Waals surface area contributed by atoms with E-state index in [9.17, 15) is 9.59 Å². The Morgan fingerprint density at radius 1 is 1.17 bits per heavy atom. The van der Waals surface area contributed by atoms with E-state index in [0.717, 1.165) is 24.0 Å². The molecule has 6 heteroatoms. The number of likely N-dealkylation sites (tertiary alicyclic amines) is 1. The number of benzene rings is 1. The lowest BCUT2D eigenvalue weighted by Gasteiger charge is -2.19. The third-order valence-electron chi connectivity index (χ3n) is 4.23. The van der Waals surface area contributed by atoms with Crippen molar-refractivity contribution in [2.24, 2.45) is 0 Å². The lowest BCUT2D eigenvalue weighted by atomic mass is 9.96. The Morgan fingerprint density at radius 2 is 1.96 bits per heavy atom. The van der Waals surface area contributed by atoms with Crippen LogP contribution in [0.5, 0.6) is 0 Å². The molecule has 2 heterocycles. The summed E-state index contributed by atoms with van der Waals surface area (Å²) in [5, 5.41) is 5.59. The highest BCUT2D eigenvalue weighted by atomic mass is 79.9. The predicted molar refractivity (Wildman–Crippen MR) is 92.9 cm³/mol. The van der Waals surface area contributed by atoms with E-state index in [1.165, 1.54) is 25.9 Å². The molecule has 2 amide bonds. The zero-order chi connectivity index (χ0) is 16.2. The molecular formula is C17H20BrN3O2. The van der Waals surface area contributed by atoms with Gasteiger partial charge in [-0.2, -0.15) is 0 Å². The molecule has 122 valence electrons. The van der Waals surface area contributed by atoms with E-state index in [0.29, 0.717) is 16.7 Å². The number of halogens is 1. The van der Waals surface area contributed by atoms with Gasteiger partial charge in [-0.3, -0.25) is 14.9 Å². The minimum atomic E-state index is -0.354. The van der Waals surface area contributed by atoms with Gasteiger partial charge in [0, 0.05) is 28.3 Å². The summed E-state index contributed by atoms with van der Waals surface area (Å²) in [5.41, 5.74) is 1.69. The maximum Gasteiger partial charge on any atom is 0.260 e. The van der Waals surface area contributed by atoms with Crippen molar-refractivity contribution in [3.63, 3.8) is 0 Å². The fourth-order valence-electron chi connectivity index (χ4n) is 3.03. The summed E-state index contributed by atoms with van der Waals surface area (Å²) in [6.07, 6.45) is 5.36. The first-order valence-electron chi connectivity index (χ1n) is 7.96. The minimum absolute atomic E-state index is 0.344. The van der Waals surface area contributed by atoms with Crippen molar-refractivity contribution in [2.45, 2.75) is 19.3 Å². The van der Waals surface area contributed by atoms with E-state index >= 15 is 0 Å².